The minimum atomic E-state index is -0.127. The van der Waals surface area contributed by atoms with Gasteiger partial charge in [-0.1, -0.05) is 24.6 Å². The van der Waals surface area contributed by atoms with Crippen LogP contribution in [-0.2, 0) is 4.79 Å². The van der Waals surface area contributed by atoms with Crippen LogP contribution in [0.2, 0.25) is 0 Å². The standard InChI is InChI=1S/C25H31N3O3/c1-31-22-12-10-18(11-13-22)23(28-14-3-2-4-15-28)17-26-24(29)20-6-5-7-21(16-20)27-25(30)19-8-9-19/h5-7,10-13,16,19,23H,2-4,8-9,14-15,17H2,1H3,(H,26,29)(H,27,30). The maximum Gasteiger partial charge on any atom is 0.251 e. The van der Waals surface area contributed by atoms with Crippen LogP contribution < -0.4 is 15.4 Å². The van der Waals surface area contributed by atoms with Gasteiger partial charge in [0.2, 0.25) is 5.91 Å². The number of carbonyl (C=O) groups excluding carboxylic acids is 2. The summed E-state index contributed by atoms with van der Waals surface area (Å²) in [5, 5.41) is 6.03. The highest BCUT2D eigenvalue weighted by Crippen LogP contribution is 2.30. The van der Waals surface area contributed by atoms with Gasteiger partial charge in [-0.3, -0.25) is 14.5 Å². The van der Waals surface area contributed by atoms with Crippen molar-refractivity contribution in [2.24, 2.45) is 5.92 Å². The fourth-order valence-corrected chi connectivity index (χ4v) is 4.13. The number of benzene rings is 2. The summed E-state index contributed by atoms with van der Waals surface area (Å²) >= 11 is 0. The van der Waals surface area contributed by atoms with Gasteiger partial charge in [0, 0.05) is 23.7 Å². The lowest BCUT2D eigenvalue weighted by atomic mass is 10.0. The molecule has 2 aliphatic rings. The Kier molecular flexibility index (Phi) is 6.87. The molecule has 31 heavy (non-hydrogen) atoms. The normalized spacial score (nSPS) is 17.6. The molecule has 0 spiro atoms. The number of hydrogen-bond donors (Lipinski definition) is 2. The SMILES string of the molecule is COc1ccc(C(CNC(=O)c2cccc(NC(=O)C3CC3)c2)N2CCCCC2)cc1. The number of nitrogens with zero attached hydrogens (tertiary/aromatic N) is 1. The van der Waals surface area contributed by atoms with Gasteiger partial charge in [-0.25, -0.2) is 0 Å². The van der Waals surface area contributed by atoms with Crippen LogP contribution in [0.1, 0.15) is 54.1 Å². The van der Waals surface area contributed by atoms with Gasteiger partial charge in [0.25, 0.3) is 5.91 Å². The number of nitrogens with one attached hydrogen (secondary N) is 2. The highest BCUT2D eigenvalue weighted by Gasteiger charge is 2.29. The van der Waals surface area contributed by atoms with Gasteiger partial charge in [-0.2, -0.15) is 0 Å². The molecule has 2 aromatic carbocycles. The van der Waals surface area contributed by atoms with Crippen LogP contribution in [0.4, 0.5) is 5.69 Å². The molecule has 2 aromatic rings. The van der Waals surface area contributed by atoms with Gasteiger partial charge >= 0.3 is 0 Å². The molecule has 1 aliphatic carbocycles. The maximum atomic E-state index is 12.9. The second-order valence-electron chi connectivity index (χ2n) is 8.44. The Morgan fingerprint density at radius 3 is 2.48 bits per heavy atom. The summed E-state index contributed by atoms with van der Waals surface area (Å²) in [6.07, 6.45) is 5.54. The monoisotopic (exact) mass is 421 g/mol. The summed E-state index contributed by atoms with van der Waals surface area (Å²) < 4.78 is 5.29. The van der Waals surface area contributed by atoms with Gasteiger partial charge in [0.05, 0.1) is 13.2 Å². The molecule has 164 valence electrons. The van der Waals surface area contributed by atoms with Gasteiger partial charge in [0.15, 0.2) is 0 Å². The first kappa shape index (κ1) is 21.4. The molecule has 1 heterocycles. The van der Waals surface area contributed by atoms with Crippen LogP contribution in [0.3, 0.4) is 0 Å². The molecule has 1 aliphatic heterocycles. The van der Waals surface area contributed by atoms with E-state index in [9.17, 15) is 9.59 Å². The lowest BCUT2D eigenvalue weighted by molar-refractivity contribution is -0.117. The zero-order chi connectivity index (χ0) is 21.6. The number of ether oxygens (including phenoxy) is 1. The molecule has 0 bridgehead atoms. The lowest BCUT2D eigenvalue weighted by Crippen LogP contribution is -2.40. The molecule has 1 saturated carbocycles. The molecule has 1 atom stereocenters. The maximum absolute atomic E-state index is 12.9. The largest absolute Gasteiger partial charge is 0.497 e. The van der Waals surface area contributed by atoms with Crippen LogP contribution in [-0.4, -0.2) is 43.5 Å². The van der Waals surface area contributed by atoms with E-state index in [-0.39, 0.29) is 23.8 Å². The third-order valence-corrected chi connectivity index (χ3v) is 6.13. The van der Waals surface area contributed by atoms with Gasteiger partial charge in [-0.15, -0.1) is 0 Å². The fourth-order valence-electron chi connectivity index (χ4n) is 4.13. The lowest BCUT2D eigenvalue weighted by Gasteiger charge is -2.35. The molecular weight excluding hydrogens is 390 g/mol. The van der Waals surface area contributed by atoms with Crippen molar-refractivity contribution in [1.82, 2.24) is 10.2 Å². The Balaban J connectivity index is 1.43. The molecule has 0 aromatic heterocycles. The summed E-state index contributed by atoms with van der Waals surface area (Å²) in [6, 6.07) is 15.4. The van der Waals surface area contributed by atoms with Crippen molar-refractivity contribution in [3.05, 3.63) is 59.7 Å². The van der Waals surface area contributed by atoms with Crippen molar-refractivity contribution < 1.29 is 14.3 Å². The van der Waals surface area contributed by atoms with Crippen molar-refractivity contribution in [1.29, 1.82) is 0 Å². The third-order valence-electron chi connectivity index (χ3n) is 6.13. The summed E-state index contributed by atoms with van der Waals surface area (Å²) in [5.74, 6) is 0.878. The highest BCUT2D eigenvalue weighted by atomic mass is 16.5. The number of likely N-dealkylation sites (tertiary alicyclic amines) is 1. The van der Waals surface area contributed by atoms with Crippen molar-refractivity contribution in [3.63, 3.8) is 0 Å². The van der Waals surface area contributed by atoms with Crippen LogP contribution in [0, 0.1) is 5.92 Å². The number of carbonyl (C=O) groups is 2. The predicted molar refractivity (Wildman–Crippen MR) is 121 cm³/mol. The number of rotatable bonds is 8. The quantitative estimate of drug-likeness (QED) is 0.676. The minimum Gasteiger partial charge on any atom is -0.497 e. The van der Waals surface area contributed by atoms with Crippen molar-refractivity contribution in [2.75, 3.05) is 32.1 Å². The van der Waals surface area contributed by atoms with E-state index in [0.717, 1.165) is 31.7 Å². The minimum absolute atomic E-state index is 0.0437. The Morgan fingerprint density at radius 1 is 1.06 bits per heavy atom. The van der Waals surface area contributed by atoms with Crippen LogP contribution in [0.15, 0.2) is 48.5 Å². The van der Waals surface area contributed by atoms with E-state index in [0.29, 0.717) is 17.8 Å². The number of methoxy groups -OCH3 is 1. The van der Waals surface area contributed by atoms with E-state index in [1.807, 2.05) is 24.3 Å². The summed E-state index contributed by atoms with van der Waals surface area (Å²) in [5.41, 5.74) is 2.40. The molecule has 1 unspecified atom stereocenters. The molecule has 2 amide bonds. The zero-order valence-corrected chi connectivity index (χ0v) is 18.1. The first-order chi connectivity index (χ1) is 15.1. The van der Waals surface area contributed by atoms with Gasteiger partial charge in [-0.05, 0) is 74.7 Å². The molecule has 6 nitrogen and oxygen atoms in total. The first-order valence-corrected chi connectivity index (χ1v) is 11.2. The fraction of sp³-hybridized carbons (Fsp3) is 0.440. The Labute approximate surface area is 184 Å². The molecule has 4 rings (SSSR count). The molecule has 6 heteroatoms. The number of hydrogen-bond acceptors (Lipinski definition) is 4. The van der Waals surface area contributed by atoms with Crippen molar-refractivity contribution >= 4 is 17.5 Å². The van der Waals surface area contributed by atoms with Gasteiger partial charge < -0.3 is 15.4 Å². The van der Waals surface area contributed by atoms with Crippen LogP contribution >= 0.6 is 0 Å². The first-order valence-electron chi connectivity index (χ1n) is 11.2. The second-order valence-corrected chi connectivity index (χ2v) is 8.44. The van der Waals surface area contributed by atoms with Gasteiger partial charge in [0.1, 0.15) is 5.75 Å². The smallest absolute Gasteiger partial charge is 0.251 e. The molecule has 2 fully saturated rings. The van der Waals surface area contributed by atoms with E-state index >= 15 is 0 Å². The molecule has 1 saturated heterocycles. The zero-order valence-electron chi connectivity index (χ0n) is 18.1. The molecular formula is C25H31N3O3. The summed E-state index contributed by atoms with van der Waals surface area (Å²) in [7, 11) is 1.67. The van der Waals surface area contributed by atoms with Crippen LogP contribution in [0.5, 0.6) is 5.75 Å². The Morgan fingerprint density at radius 2 is 1.81 bits per heavy atom. The summed E-state index contributed by atoms with van der Waals surface area (Å²) in [4.78, 5) is 27.4. The highest BCUT2D eigenvalue weighted by molar-refractivity contribution is 5.98. The number of amides is 2. The van der Waals surface area contributed by atoms with E-state index in [1.54, 1.807) is 19.2 Å². The average molecular weight is 422 g/mol. The number of anilines is 1. The van der Waals surface area contributed by atoms with E-state index < -0.39 is 0 Å². The number of piperidine rings is 1. The van der Waals surface area contributed by atoms with E-state index in [4.69, 9.17) is 4.74 Å². The molecule has 0 radical (unpaired) electrons. The molecule has 2 N–H and O–H groups in total. The Hall–Kier alpha value is -2.86. The predicted octanol–water partition coefficient (Wildman–Crippen LogP) is 4.00. The van der Waals surface area contributed by atoms with Crippen LogP contribution in [0.25, 0.3) is 0 Å². The third kappa shape index (κ3) is 5.64. The van der Waals surface area contributed by atoms with Crippen molar-refractivity contribution in [3.8, 4) is 5.75 Å². The second kappa shape index (κ2) is 9.96. The Bertz CT molecular complexity index is 902. The van der Waals surface area contributed by atoms with E-state index in [2.05, 4.69) is 27.7 Å². The van der Waals surface area contributed by atoms with E-state index in [1.165, 1.54) is 24.8 Å². The summed E-state index contributed by atoms with van der Waals surface area (Å²) in [6.45, 7) is 2.61. The topological polar surface area (TPSA) is 70.7 Å². The average Bonchev–Trinajstić information content (AvgIpc) is 3.66. The van der Waals surface area contributed by atoms with Crippen molar-refractivity contribution in [2.45, 2.75) is 38.1 Å².